The zero-order chi connectivity index (χ0) is 33.8. The van der Waals surface area contributed by atoms with Crippen LogP contribution in [0.25, 0.3) is 77.3 Å². The third-order valence-corrected chi connectivity index (χ3v) is 10.9. The Morgan fingerprint density at radius 1 is 0.510 bits per heavy atom. The average molecular weight is 639 g/mol. The molecule has 0 saturated heterocycles. The summed E-state index contributed by atoms with van der Waals surface area (Å²) in [4.78, 5) is 0. The Kier molecular flexibility index (Phi) is 6.41. The molecule has 2 heterocycles. The second-order valence-electron chi connectivity index (χ2n) is 16.2. The first-order valence-corrected chi connectivity index (χ1v) is 17.7. The maximum atomic E-state index is 6.26. The van der Waals surface area contributed by atoms with Gasteiger partial charge in [-0.05, 0) is 134 Å². The molecule has 1 aliphatic carbocycles. The highest BCUT2D eigenvalue weighted by molar-refractivity contribution is 6.07. The summed E-state index contributed by atoms with van der Waals surface area (Å²) in [6.45, 7) is 16.1. The normalized spacial score (nSPS) is 14.0. The van der Waals surface area contributed by atoms with Crippen LogP contribution in [-0.2, 0) is 17.3 Å². The molecule has 9 rings (SSSR count). The van der Waals surface area contributed by atoms with Crippen molar-refractivity contribution in [3.8, 4) is 33.4 Å². The Labute approximate surface area is 288 Å². The molecule has 0 amide bonds. The Balaban J connectivity index is 1.09. The third kappa shape index (κ3) is 4.76. The van der Waals surface area contributed by atoms with Crippen LogP contribution in [0.1, 0.15) is 70.7 Å². The molecular formula is C47H42O2. The van der Waals surface area contributed by atoms with Crippen molar-refractivity contribution in [3.63, 3.8) is 0 Å². The smallest absolute Gasteiger partial charge is 0.135 e. The molecule has 8 aromatic rings. The van der Waals surface area contributed by atoms with Crippen LogP contribution in [0.5, 0.6) is 0 Å². The minimum absolute atomic E-state index is 0.0768. The molecule has 0 fully saturated rings. The van der Waals surface area contributed by atoms with Crippen LogP contribution in [0.3, 0.4) is 0 Å². The van der Waals surface area contributed by atoms with E-state index in [1.54, 1.807) is 0 Å². The van der Waals surface area contributed by atoms with Gasteiger partial charge in [0, 0.05) is 27.0 Å². The van der Waals surface area contributed by atoms with Crippen molar-refractivity contribution in [2.45, 2.75) is 65.7 Å². The van der Waals surface area contributed by atoms with Gasteiger partial charge in [-0.3, -0.25) is 0 Å². The lowest BCUT2D eigenvalue weighted by molar-refractivity contribution is 0.590. The second-order valence-corrected chi connectivity index (χ2v) is 16.2. The van der Waals surface area contributed by atoms with Gasteiger partial charge in [-0.2, -0.15) is 0 Å². The minimum atomic E-state index is -0.136. The summed E-state index contributed by atoms with van der Waals surface area (Å²) in [5.74, 6) is 0.614. The first-order valence-electron chi connectivity index (χ1n) is 17.7. The summed E-state index contributed by atoms with van der Waals surface area (Å²) in [7, 11) is 0. The van der Waals surface area contributed by atoms with Gasteiger partial charge < -0.3 is 8.83 Å². The van der Waals surface area contributed by atoms with Crippen molar-refractivity contribution in [1.29, 1.82) is 0 Å². The van der Waals surface area contributed by atoms with Crippen molar-refractivity contribution in [2.24, 2.45) is 5.92 Å². The Bertz CT molecular complexity index is 2610. The molecule has 242 valence electrons. The SMILES string of the molecule is CC(C)Cc1ccc2oc3ccc(-c4ccc5c(c4)C(C)(C)c4cc(-c6ccc7oc8ccc(C(C)(C)C)cc8c7c6)ccc4-5)cc3c2c1. The van der Waals surface area contributed by atoms with E-state index >= 15 is 0 Å². The third-order valence-electron chi connectivity index (χ3n) is 10.9. The first kappa shape index (κ1) is 30.0. The summed E-state index contributed by atoms with van der Waals surface area (Å²) in [6.07, 6.45) is 1.07. The Hall–Kier alpha value is -5.08. The van der Waals surface area contributed by atoms with Gasteiger partial charge in [0.05, 0.1) is 0 Å². The molecule has 0 N–H and O–H groups in total. The number of furan rings is 2. The van der Waals surface area contributed by atoms with E-state index in [0.717, 1.165) is 28.8 Å². The number of hydrogen-bond donors (Lipinski definition) is 0. The molecular weight excluding hydrogens is 597 g/mol. The number of fused-ring (bicyclic) bond motifs is 9. The fraction of sp³-hybridized carbons (Fsp3) is 0.234. The Morgan fingerprint density at radius 2 is 0.939 bits per heavy atom. The van der Waals surface area contributed by atoms with E-state index in [1.165, 1.54) is 77.2 Å². The van der Waals surface area contributed by atoms with Crippen LogP contribution >= 0.6 is 0 Å². The van der Waals surface area contributed by atoms with E-state index in [0.29, 0.717) is 5.92 Å². The van der Waals surface area contributed by atoms with Crippen molar-refractivity contribution in [3.05, 3.63) is 131 Å². The largest absolute Gasteiger partial charge is 0.456 e. The molecule has 2 aromatic heterocycles. The minimum Gasteiger partial charge on any atom is -0.456 e. The summed E-state index contributed by atoms with van der Waals surface area (Å²) in [5, 5.41) is 4.74. The lowest BCUT2D eigenvalue weighted by Gasteiger charge is -2.22. The van der Waals surface area contributed by atoms with E-state index in [4.69, 9.17) is 8.83 Å². The fourth-order valence-corrected chi connectivity index (χ4v) is 8.12. The highest BCUT2D eigenvalue weighted by Gasteiger charge is 2.36. The molecule has 2 heteroatoms. The molecule has 49 heavy (non-hydrogen) atoms. The summed E-state index contributed by atoms with van der Waals surface area (Å²) >= 11 is 0. The maximum Gasteiger partial charge on any atom is 0.135 e. The molecule has 0 radical (unpaired) electrons. The van der Waals surface area contributed by atoms with Gasteiger partial charge in [-0.15, -0.1) is 0 Å². The van der Waals surface area contributed by atoms with E-state index in [-0.39, 0.29) is 10.8 Å². The van der Waals surface area contributed by atoms with E-state index in [1.807, 2.05) is 0 Å². The van der Waals surface area contributed by atoms with Crippen LogP contribution in [-0.4, -0.2) is 0 Å². The number of rotatable bonds is 4. The lowest BCUT2D eigenvalue weighted by Crippen LogP contribution is -2.15. The standard InChI is InChI=1S/C47H42O2/c1-27(2)20-28-8-16-42-36(21-28)37-22-29(11-17-43(37)48-42)31-9-14-34-35-15-10-32(25-41(35)47(6,7)40(34)24-31)30-12-18-44-38(23-30)39-26-33(46(3,4)5)13-19-45(39)49-44/h8-19,21-27H,20H2,1-7H3. The molecule has 0 unspecified atom stereocenters. The molecule has 0 aliphatic heterocycles. The van der Waals surface area contributed by atoms with Gasteiger partial charge in [0.1, 0.15) is 22.3 Å². The zero-order valence-corrected chi connectivity index (χ0v) is 29.5. The van der Waals surface area contributed by atoms with Crippen molar-refractivity contribution >= 4 is 43.9 Å². The van der Waals surface area contributed by atoms with Gasteiger partial charge in [-0.25, -0.2) is 0 Å². The van der Waals surface area contributed by atoms with Gasteiger partial charge >= 0.3 is 0 Å². The molecule has 0 saturated carbocycles. The van der Waals surface area contributed by atoms with E-state index in [2.05, 4.69) is 158 Å². The lowest BCUT2D eigenvalue weighted by atomic mass is 9.80. The number of benzene rings is 6. The van der Waals surface area contributed by atoms with Gasteiger partial charge in [-0.1, -0.05) is 97.0 Å². The monoisotopic (exact) mass is 638 g/mol. The maximum absolute atomic E-state index is 6.26. The predicted octanol–water partition coefficient (Wildman–Crippen LogP) is 13.6. The van der Waals surface area contributed by atoms with Crippen molar-refractivity contribution < 1.29 is 8.83 Å². The summed E-state index contributed by atoms with van der Waals surface area (Å²) in [5.41, 5.74) is 16.7. The highest BCUT2D eigenvalue weighted by Crippen LogP contribution is 2.51. The van der Waals surface area contributed by atoms with Crippen LogP contribution < -0.4 is 0 Å². The number of hydrogen-bond acceptors (Lipinski definition) is 2. The van der Waals surface area contributed by atoms with E-state index in [9.17, 15) is 0 Å². The predicted molar refractivity (Wildman–Crippen MR) is 207 cm³/mol. The van der Waals surface area contributed by atoms with Crippen LogP contribution in [0.2, 0.25) is 0 Å². The molecule has 0 atom stereocenters. The zero-order valence-electron chi connectivity index (χ0n) is 29.5. The molecule has 6 aromatic carbocycles. The Morgan fingerprint density at radius 3 is 1.45 bits per heavy atom. The average Bonchev–Trinajstić information content (AvgIpc) is 3.70. The van der Waals surface area contributed by atoms with Gasteiger partial charge in [0.15, 0.2) is 0 Å². The topological polar surface area (TPSA) is 26.3 Å². The summed E-state index contributed by atoms with van der Waals surface area (Å²) in [6, 6.07) is 40.6. The summed E-state index contributed by atoms with van der Waals surface area (Å²) < 4.78 is 12.5. The van der Waals surface area contributed by atoms with Crippen molar-refractivity contribution in [2.75, 3.05) is 0 Å². The quantitative estimate of drug-likeness (QED) is 0.192. The van der Waals surface area contributed by atoms with Crippen LogP contribution in [0.15, 0.2) is 118 Å². The van der Waals surface area contributed by atoms with Gasteiger partial charge in [0.2, 0.25) is 0 Å². The second kappa shape index (κ2) is 10.5. The molecule has 1 aliphatic rings. The fourth-order valence-electron chi connectivity index (χ4n) is 8.12. The first-order chi connectivity index (χ1) is 23.4. The van der Waals surface area contributed by atoms with Crippen LogP contribution in [0.4, 0.5) is 0 Å². The molecule has 2 nitrogen and oxygen atoms in total. The molecule has 0 bridgehead atoms. The molecule has 0 spiro atoms. The highest BCUT2D eigenvalue weighted by atomic mass is 16.3. The van der Waals surface area contributed by atoms with Crippen molar-refractivity contribution in [1.82, 2.24) is 0 Å². The van der Waals surface area contributed by atoms with Crippen LogP contribution in [0, 0.1) is 5.92 Å². The van der Waals surface area contributed by atoms with Gasteiger partial charge in [0.25, 0.3) is 0 Å². The van der Waals surface area contributed by atoms with E-state index < -0.39 is 0 Å².